The molecule has 2 heterocycles. The summed E-state index contributed by atoms with van der Waals surface area (Å²) in [5.41, 5.74) is 8.23. The summed E-state index contributed by atoms with van der Waals surface area (Å²) in [6.07, 6.45) is 0.131. The molecule has 2 aliphatic heterocycles. The number of nitrogens with zero attached hydrogens (tertiary/aromatic N) is 2. The molecule has 30 heavy (non-hydrogen) atoms. The van der Waals surface area contributed by atoms with Gasteiger partial charge < -0.3 is 25.6 Å². The third-order valence-corrected chi connectivity index (χ3v) is 6.01. The number of hydrogen-bond donors (Lipinski definition) is 2. The zero-order valence-electron chi connectivity index (χ0n) is 17.6. The first-order chi connectivity index (χ1) is 14.0. The minimum Gasteiger partial charge on any atom is -0.460 e. The van der Waals surface area contributed by atoms with Crippen LogP contribution in [0.1, 0.15) is 55.1 Å². The minimum absolute atomic E-state index is 0.00629. The highest BCUT2D eigenvalue weighted by Crippen LogP contribution is 2.32. The van der Waals surface area contributed by atoms with Gasteiger partial charge in [0.2, 0.25) is 5.91 Å². The lowest BCUT2D eigenvalue weighted by atomic mass is 10.0. The summed E-state index contributed by atoms with van der Waals surface area (Å²) >= 11 is 3.57. The van der Waals surface area contributed by atoms with Crippen molar-refractivity contribution in [3.05, 3.63) is 39.5 Å². The maximum absolute atomic E-state index is 12.9. The monoisotopic (exact) mass is 478 g/mol. The lowest BCUT2D eigenvalue weighted by Crippen LogP contribution is -2.45. The van der Waals surface area contributed by atoms with Crippen molar-refractivity contribution in [1.82, 2.24) is 15.1 Å². The number of nitrogens with two attached hydrogens (primary N) is 1. The topological polar surface area (TPSA) is 105 Å². The van der Waals surface area contributed by atoms with Crippen LogP contribution in [0.2, 0.25) is 0 Å². The van der Waals surface area contributed by atoms with Gasteiger partial charge in [-0.2, -0.15) is 0 Å². The lowest BCUT2D eigenvalue weighted by Gasteiger charge is -2.25. The van der Waals surface area contributed by atoms with Gasteiger partial charge in [-0.25, -0.2) is 0 Å². The van der Waals surface area contributed by atoms with Crippen LogP contribution in [0.15, 0.2) is 22.8 Å². The highest BCUT2D eigenvalue weighted by molar-refractivity contribution is 9.11. The zero-order valence-corrected chi connectivity index (χ0v) is 19.2. The molecule has 0 saturated carbocycles. The summed E-state index contributed by atoms with van der Waals surface area (Å²) in [6, 6.07) is 4.72. The van der Waals surface area contributed by atoms with Crippen molar-refractivity contribution in [1.29, 1.82) is 0 Å². The molecule has 162 valence electrons. The van der Waals surface area contributed by atoms with Crippen molar-refractivity contribution in [2.24, 2.45) is 5.73 Å². The number of carbonyl (C=O) groups is 3. The molecule has 3 rings (SSSR count). The summed E-state index contributed by atoms with van der Waals surface area (Å²) in [4.78, 5) is 40.5. The average molecular weight is 479 g/mol. The Morgan fingerprint density at radius 3 is 2.60 bits per heavy atom. The Kier molecular flexibility index (Phi) is 6.12. The molecule has 1 aromatic rings. The first-order valence-corrected chi connectivity index (χ1v) is 10.6. The Balaban J connectivity index is 1.76. The van der Waals surface area contributed by atoms with Crippen LogP contribution in [-0.2, 0) is 20.9 Å². The highest BCUT2D eigenvalue weighted by Gasteiger charge is 2.36. The molecule has 1 aromatic carbocycles. The van der Waals surface area contributed by atoms with Crippen molar-refractivity contribution >= 4 is 39.4 Å². The van der Waals surface area contributed by atoms with E-state index >= 15 is 0 Å². The Morgan fingerprint density at radius 2 is 2.03 bits per heavy atom. The van der Waals surface area contributed by atoms with E-state index in [4.69, 9.17) is 10.5 Å². The van der Waals surface area contributed by atoms with Gasteiger partial charge in [-0.05, 0) is 60.8 Å². The number of amides is 2. The van der Waals surface area contributed by atoms with Gasteiger partial charge in [-0.3, -0.25) is 14.4 Å². The Bertz CT molecular complexity index is 922. The number of fused-ring (bicyclic) bond motifs is 1. The zero-order chi connectivity index (χ0) is 22.2. The fraction of sp³-hybridized carbons (Fsp3) is 0.476. The second-order valence-corrected chi connectivity index (χ2v) is 9.30. The predicted molar refractivity (Wildman–Crippen MR) is 116 cm³/mol. The number of primary amides is 1. The third-order valence-electron chi connectivity index (χ3n) is 5.01. The van der Waals surface area contributed by atoms with Gasteiger partial charge >= 0.3 is 5.97 Å². The van der Waals surface area contributed by atoms with Crippen LogP contribution in [-0.4, -0.2) is 52.9 Å². The molecule has 0 fully saturated rings. The molecule has 2 aliphatic rings. The van der Waals surface area contributed by atoms with Gasteiger partial charge in [0.25, 0.3) is 5.91 Å². The standard InChI is InChI=1S/C21H27BrN4O4/c1-21(2,3)30-16(27)8-7-15(19(23)28)26-10-13-9-12(5-6-14(13)20(26)29)17-18(22)25(4)11-24-17/h5-6,9,15,24H,7-8,10-11H2,1-4H3,(H2,23,28). The van der Waals surface area contributed by atoms with Gasteiger partial charge in [-0.1, -0.05) is 6.07 Å². The van der Waals surface area contributed by atoms with E-state index in [1.807, 2.05) is 24.1 Å². The number of nitrogens with one attached hydrogen (secondary N) is 1. The van der Waals surface area contributed by atoms with Crippen LogP contribution >= 0.6 is 15.9 Å². The third kappa shape index (κ3) is 4.61. The van der Waals surface area contributed by atoms with Crippen LogP contribution in [0, 0.1) is 0 Å². The van der Waals surface area contributed by atoms with E-state index in [-0.39, 0.29) is 25.3 Å². The maximum atomic E-state index is 12.9. The SMILES string of the molecule is CN1CNC(c2ccc3c(c2)CN(C(CCC(=O)OC(C)(C)C)C(N)=O)C3=O)=C1Br. The molecule has 9 heteroatoms. The van der Waals surface area contributed by atoms with Crippen LogP contribution in [0.5, 0.6) is 0 Å². The number of rotatable bonds is 6. The second kappa shape index (κ2) is 8.29. The van der Waals surface area contributed by atoms with Crippen LogP contribution < -0.4 is 11.1 Å². The molecule has 0 aliphatic carbocycles. The predicted octanol–water partition coefficient (Wildman–Crippen LogP) is 2.13. The number of hydrogen-bond acceptors (Lipinski definition) is 6. The fourth-order valence-corrected chi connectivity index (χ4v) is 4.10. The van der Waals surface area contributed by atoms with Crippen molar-refractivity contribution < 1.29 is 19.1 Å². The number of esters is 1. The van der Waals surface area contributed by atoms with E-state index in [0.717, 1.165) is 21.4 Å². The second-order valence-electron chi connectivity index (χ2n) is 8.55. The van der Waals surface area contributed by atoms with E-state index in [1.54, 1.807) is 26.8 Å². The summed E-state index contributed by atoms with van der Waals surface area (Å²) < 4.78 is 6.24. The van der Waals surface area contributed by atoms with Gasteiger partial charge in [0.05, 0.1) is 12.4 Å². The molecular weight excluding hydrogens is 452 g/mol. The van der Waals surface area contributed by atoms with Gasteiger partial charge in [0.15, 0.2) is 0 Å². The Morgan fingerprint density at radius 1 is 1.33 bits per heavy atom. The largest absolute Gasteiger partial charge is 0.460 e. The van der Waals surface area contributed by atoms with E-state index in [0.29, 0.717) is 12.2 Å². The van der Waals surface area contributed by atoms with Gasteiger partial charge in [-0.15, -0.1) is 0 Å². The molecule has 2 amide bonds. The summed E-state index contributed by atoms with van der Waals surface area (Å²) in [5.74, 6) is -1.31. The first-order valence-electron chi connectivity index (χ1n) is 9.78. The number of halogens is 1. The summed E-state index contributed by atoms with van der Waals surface area (Å²) in [6.45, 7) is 6.29. The molecule has 1 atom stereocenters. The summed E-state index contributed by atoms with van der Waals surface area (Å²) in [7, 11) is 1.96. The fourth-order valence-electron chi connectivity index (χ4n) is 3.60. The van der Waals surface area contributed by atoms with E-state index in [2.05, 4.69) is 21.2 Å². The normalized spacial score (nSPS) is 17.2. The van der Waals surface area contributed by atoms with Crippen molar-refractivity contribution in [3.63, 3.8) is 0 Å². The lowest BCUT2D eigenvalue weighted by molar-refractivity contribution is -0.155. The number of ether oxygens (including phenoxy) is 1. The quantitative estimate of drug-likeness (QED) is 0.479. The smallest absolute Gasteiger partial charge is 0.306 e. The molecule has 3 N–H and O–H groups in total. The molecule has 0 radical (unpaired) electrons. The van der Waals surface area contributed by atoms with E-state index in [9.17, 15) is 14.4 Å². The van der Waals surface area contributed by atoms with Crippen LogP contribution in [0.3, 0.4) is 0 Å². The average Bonchev–Trinajstić information content (AvgIpc) is 3.13. The van der Waals surface area contributed by atoms with Crippen molar-refractivity contribution in [2.45, 2.75) is 51.8 Å². The molecule has 0 aromatic heterocycles. The summed E-state index contributed by atoms with van der Waals surface area (Å²) in [5, 5.41) is 3.31. The molecule has 0 spiro atoms. The molecule has 1 unspecified atom stereocenters. The van der Waals surface area contributed by atoms with Crippen molar-refractivity contribution in [2.75, 3.05) is 13.7 Å². The number of benzene rings is 1. The Labute approximate surface area is 184 Å². The van der Waals surface area contributed by atoms with Gasteiger partial charge in [0, 0.05) is 31.1 Å². The maximum Gasteiger partial charge on any atom is 0.306 e. The molecule has 8 nitrogen and oxygen atoms in total. The van der Waals surface area contributed by atoms with Crippen LogP contribution in [0.25, 0.3) is 5.70 Å². The molecule has 0 bridgehead atoms. The molecule has 0 saturated heterocycles. The van der Waals surface area contributed by atoms with E-state index < -0.39 is 23.5 Å². The first kappa shape index (κ1) is 22.1. The van der Waals surface area contributed by atoms with Gasteiger partial charge in [0.1, 0.15) is 16.2 Å². The number of carbonyl (C=O) groups excluding carboxylic acids is 3. The van der Waals surface area contributed by atoms with Crippen LogP contribution in [0.4, 0.5) is 0 Å². The highest BCUT2D eigenvalue weighted by atomic mass is 79.9. The van der Waals surface area contributed by atoms with Crippen molar-refractivity contribution in [3.8, 4) is 0 Å². The molecular formula is C21H27BrN4O4. The van der Waals surface area contributed by atoms with E-state index in [1.165, 1.54) is 4.90 Å². The minimum atomic E-state index is -0.873. The Hall–Kier alpha value is -2.55.